The predicted molar refractivity (Wildman–Crippen MR) is 49.1 cm³/mol. The van der Waals surface area contributed by atoms with Gasteiger partial charge < -0.3 is 0 Å². The summed E-state index contributed by atoms with van der Waals surface area (Å²) < 4.78 is 1.60. The number of nitrogens with zero attached hydrogens (tertiary/aromatic N) is 2. The van der Waals surface area contributed by atoms with E-state index in [1.807, 2.05) is 31.3 Å². The van der Waals surface area contributed by atoms with Gasteiger partial charge in [0.05, 0.1) is 5.87 Å². The van der Waals surface area contributed by atoms with Gasteiger partial charge in [-0.1, -0.05) is 6.92 Å². The number of nitrogens with one attached hydrogen (secondary N) is 1. The van der Waals surface area contributed by atoms with Crippen molar-refractivity contribution in [3.8, 4) is 6.07 Å². The summed E-state index contributed by atoms with van der Waals surface area (Å²) >= 11 is 0. The van der Waals surface area contributed by atoms with Gasteiger partial charge in [-0.05, 0) is 12.5 Å². The molecule has 0 aliphatic rings. The Labute approximate surface area is 77.1 Å². The number of nitriles is 1. The number of rotatable bonds is 2. The highest BCUT2D eigenvalue weighted by Crippen LogP contribution is 1.96. The van der Waals surface area contributed by atoms with Crippen LogP contribution in [0.2, 0.25) is 0 Å². The third-order valence-corrected chi connectivity index (χ3v) is 1.75. The second-order valence-electron chi connectivity index (χ2n) is 2.56. The maximum absolute atomic E-state index is 8.65. The lowest BCUT2D eigenvalue weighted by atomic mass is 10.2. The van der Waals surface area contributed by atoms with E-state index < -0.39 is 0 Å². The first-order valence-electron chi connectivity index (χ1n) is 4.02. The predicted octanol–water partition coefficient (Wildman–Crippen LogP) is 1.15. The van der Waals surface area contributed by atoms with Crippen molar-refractivity contribution < 1.29 is 4.57 Å². The highest BCUT2D eigenvalue weighted by Gasteiger charge is 2.08. The van der Waals surface area contributed by atoms with Crippen LogP contribution in [0.4, 0.5) is 0 Å². The zero-order valence-corrected chi connectivity index (χ0v) is 7.41. The summed E-state index contributed by atoms with van der Waals surface area (Å²) in [4.78, 5) is 0. The molecule has 0 spiro atoms. The zero-order chi connectivity index (χ0) is 9.68. The second kappa shape index (κ2) is 4.20. The van der Waals surface area contributed by atoms with Gasteiger partial charge in [0.2, 0.25) is 0 Å². The molecule has 0 saturated heterocycles. The molecule has 1 rings (SSSR count). The molecular formula is C10H10N3+. The first kappa shape index (κ1) is 9.18. The Kier molecular flexibility index (Phi) is 2.97. The van der Waals surface area contributed by atoms with Crippen LogP contribution in [0.3, 0.4) is 0 Å². The van der Waals surface area contributed by atoms with Crippen LogP contribution in [0.25, 0.3) is 5.70 Å². The monoisotopic (exact) mass is 172 g/mol. The van der Waals surface area contributed by atoms with Gasteiger partial charge in [-0.25, -0.2) is 0 Å². The number of allylic oxidation sites excluding steroid dienone is 1. The molecule has 0 fully saturated rings. The van der Waals surface area contributed by atoms with Gasteiger partial charge in [0, 0.05) is 11.6 Å². The summed E-state index contributed by atoms with van der Waals surface area (Å²) in [6.07, 6.45) is 4.48. The second-order valence-corrected chi connectivity index (χ2v) is 2.56. The first-order valence-corrected chi connectivity index (χ1v) is 4.02. The molecule has 0 saturated carbocycles. The van der Waals surface area contributed by atoms with Crippen LogP contribution in [0.15, 0.2) is 24.5 Å². The van der Waals surface area contributed by atoms with E-state index in [0.29, 0.717) is 0 Å². The topological polar surface area (TPSA) is 51.5 Å². The molecule has 0 aliphatic carbocycles. The summed E-state index contributed by atoms with van der Waals surface area (Å²) in [6.45, 7) is 2.04. The van der Waals surface area contributed by atoms with E-state index >= 15 is 0 Å². The number of aromatic nitrogens is 1. The molecule has 0 amide bonds. The van der Waals surface area contributed by atoms with Crippen LogP contribution in [0.5, 0.6) is 0 Å². The Bertz CT molecular complexity index is 395. The van der Waals surface area contributed by atoms with Crippen LogP contribution in [0, 0.1) is 16.7 Å². The maximum atomic E-state index is 8.65. The minimum Gasteiger partial charge on any atom is -0.252 e. The minimum atomic E-state index is 0.204. The normalized spacial score (nSPS) is 8.62. The molecular weight excluding hydrogens is 162 g/mol. The third kappa shape index (κ3) is 2.02. The molecule has 1 N–H and O–H groups in total. The van der Waals surface area contributed by atoms with E-state index in [0.717, 1.165) is 12.0 Å². The molecule has 0 radical (unpaired) electrons. The van der Waals surface area contributed by atoms with E-state index in [-0.39, 0.29) is 5.70 Å². The maximum Gasteiger partial charge on any atom is 0.351 e. The molecule has 0 bridgehead atoms. The molecule has 1 aromatic heterocycles. The SMILES string of the molecule is CCc1ccc[n+](C(=C=N)C#N)c1. The Morgan fingerprint density at radius 1 is 1.69 bits per heavy atom. The van der Waals surface area contributed by atoms with E-state index in [2.05, 4.69) is 5.87 Å². The van der Waals surface area contributed by atoms with Crippen molar-refractivity contribution >= 4 is 11.6 Å². The number of hydrogen-bond acceptors (Lipinski definition) is 2. The first-order chi connectivity index (χ1) is 6.31. The smallest absolute Gasteiger partial charge is 0.252 e. The third-order valence-electron chi connectivity index (χ3n) is 1.75. The van der Waals surface area contributed by atoms with Gasteiger partial charge in [0.1, 0.15) is 0 Å². The Morgan fingerprint density at radius 2 is 2.46 bits per heavy atom. The minimum absolute atomic E-state index is 0.204. The standard InChI is InChI=1S/C10H10N3/c1-2-9-4-3-5-13(8-9)10(6-11)7-12/h3-5,8,11H,2H2,1H3/q+1. The van der Waals surface area contributed by atoms with Crippen molar-refractivity contribution in [1.82, 2.24) is 0 Å². The summed E-state index contributed by atoms with van der Waals surface area (Å²) in [5.41, 5.74) is 1.33. The number of hydrogen-bond donors (Lipinski definition) is 1. The van der Waals surface area contributed by atoms with Gasteiger partial charge in [-0.2, -0.15) is 5.26 Å². The van der Waals surface area contributed by atoms with E-state index in [1.165, 1.54) is 0 Å². The highest BCUT2D eigenvalue weighted by atomic mass is 14.9. The molecule has 3 heteroatoms. The Balaban J connectivity index is 3.17. The lowest BCUT2D eigenvalue weighted by Gasteiger charge is -1.92. The van der Waals surface area contributed by atoms with Crippen LogP contribution in [-0.2, 0) is 6.42 Å². The van der Waals surface area contributed by atoms with Crippen LogP contribution >= 0.6 is 0 Å². The molecule has 0 aliphatic heterocycles. The fraction of sp³-hybridized carbons (Fsp3) is 0.200. The average Bonchev–Trinajstić information content (AvgIpc) is 2.20. The number of pyridine rings is 1. The average molecular weight is 172 g/mol. The molecule has 1 heterocycles. The highest BCUT2D eigenvalue weighted by molar-refractivity contribution is 5.80. The molecule has 1 aromatic rings. The molecule has 64 valence electrons. The van der Waals surface area contributed by atoms with Gasteiger partial charge in [0.15, 0.2) is 18.5 Å². The lowest BCUT2D eigenvalue weighted by Crippen LogP contribution is -2.31. The molecule has 0 unspecified atom stereocenters. The Morgan fingerprint density at radius 3 is 3.00 bits per heavy atom. The summed E-state index contributed by atoms with van der Waals surface area (Å²) in [5, 5.41) is 15.5. The van der Waals surface area contributed by atoms with Crippen molar-refractivity contribution in [2.45, 2.75) is 13.3 Å². The van der Waals surface area contributed by atoms with Crippen LogP contribution in [0.1, 0.15) is 12.5 Å². The zero-order valence-electron chi connectivity index (χ0n) is 7.41. The van der Waals surface area contributed by atoms with E-state index in [4.69, 9.17) is 10.7 Å². The Hall–Kier alpha value is -1.91. The fourth-order valence-corrected chi connectivity index (χ4v) is 1.02. The van der Waals surface area contributed by atoms with Gasteiger partial charge in [-0.3, -0.25) is 5.41 Å². The fourth-order valence-electron chi connectivity index (χ4n) is 1.02. The molecule has 3 nitrogen and oxygen atoms in total. The van der Waals surface area contributed by atoms with Gasteiger partial charge >= 0.3 is 5.70 Å². The van der Waals surface area contributed by atoms with Crippen molar-refractivity contribution in [3.05, 3.63) is 30.1 Å². The summed E-state index contributed by atoms with van der Waals surface area (Å²) in [7, 11) is 0. The largest absolute Gasteiger partial charge is 0.351 e. The van der Waals surface area contributed by atoms with Crippen LogP contribution < -0.4 is 4.57 Å². The van der Waals surface area contributed by atoms with Crippen molar-refractivity contribution in [3.63, 3.8) is 0 Å². The van der Waals surface area contributed by atoms with Gasteiger partial charge in [-0.15, -0.1) is 4.57 Å². The van der Waals surface area contributed by atoms with Crippen LogP contribution in [-0.4, -0.2) is 5.87 Å². The van der Waals surface area contributed by atoms with E-state index in [1.54, 1.807) is 10.8 Å². The molecule has 0 atom stereocenters. The van der Waals surface area contributed by atoms with E-state index in [9.17, 15) is 0 Å². The van der Waals surface area contributed by atoms with Crippen molar-refractivity contribution in [1.29, 1.82) is 10.7 Å². The van der Waals surface area contributed by atoms with Crippen molar-refractivity contribution in [2.75, 3.05) is 0 Å². The summed E-state index contributed by atoms with van der Waals surface area (Å²) in [5.74, 6) is 2.09. The molecule has 13 heavy (non-hydrogen) atoms. The summed E-state index contributed by atoms with van der Waals surface area (Å²) in [6, 6.07) is 5.74. The lowest BCUT2D eigenvalue weighted by molar-refractivity contribution is -0.576. The number of aryl methyl sites for hydroxylation is 1. The molecule has 0 aromatic carbocycles. The van der Waals surface area contributed by atoms with Gasteiger partial charge in [0.25, 0.3) is 0 Å². The quantitative estimate of drug-likeness (QED) is 0.406. The van der Waals surface area contributed by atoms with Crippen molar-refractivity contribution in [2.24, 2.45) is 0 Å².